The van der Waals surface area contributed by atoms with Gasteiger partial charge in [0.25, 0.3) is 0 Å². The van der Waals surface area contributed by atoms with E-state index in [2.05, 4.69) is 16.9 Å². The summed E-state index contributed by atoms with van der Waals surface area (Å²) < 4.78 is 0. The number of rotatable bonds is 2. The van der Waals surface area contributed by atoms with Crippen LogP contribution in [0.2, 0.25) is 0 Å². The molecule has 3 heteroatoms. The molecule has 1 unspecified atom stereocenters. The number of hydrogen-bond donors (Lipinski definition) is 1. The van der Waals surface area contributed by atoms with E-state index in [1.165, 1.54) is 25.7 Å². The van der Waals surface area contributed by atoms with Crippen LogP contribution in [0.5, 0.6) is 0 Å². The number of nitrogens with zero attached hydrogens (tertiary/aromatic N) is 2. The lowest BCUT2D eigenvalue weighted by atomic mass is 9.80. The monoisotopic (exact) mass is 191 g/mol. The molecule has 76 valence electrons. The van der Waals surface area contributed by atoms with Crippen LogP contribution < -0.4 is 5.73 Å². The lowest BCUT2D eigenvalue weighted by molar-refractivity contribution is 0.261. The maximum atomic E-state index is 6.23. The molecule has 1 aromatic heterocycles. The Morgan fingerprint density at radius 2 is 2.07 bits per heavy atom. The standard InChI is InChI=1S/C11H17N3/c1-11(4-2-3-5-11)10(12)9-8-13-6-7-14-9/h6-8,10H,2-5,12H2,1H3. The van der Waals surface area contributed by atoms with E-state index in [9.17, 15) is 0 Å². The van der Waals surface area contributed by atoms with Crippen molar-refractivity contribution in [3.8, 4) is 0 Å². The number of nitrogens with two attached hydrogens (primary N) is 1. The smallest absolute Gasteiger partial charge is 0.0759 e. The molecule has 0 aromatic carbocycles. The van der Waals surface area contributed by atoms with E-state index >= 15 is 0 Å². The zero-order chi connectivity index (χ0) is 10.0. The first-order valence-corrected chi connectivity index (χ1v) is 5.24. The Morgan fingerprint density at radius 3 is 2.64 bits per heavy atom. The number of hydrogen-bond acceptors (Lipinski definition) is 3. The predicted molar refractivity (Wildman–Crippen MR) is 55.5 cm³/mol. The SMILES string of the molecule is CC1(C(N)c2cnccn2)CCCC1. The van der Waals surface area contributed by atoms with Crippen molar-refractivity contribution in [2.24, 2.45) is 11.1 Å². The minimum absolute atomic E-state index is 0.0405. The molecule has 0 bridgehead atoms. The average molecular weight is 191 g/mol. The zero-order valence-electron chi connectivity index (χ0n) is 8.61. The molecule has 0 radical (unpaired) electrons. The Labute approximate surface area is 84.8 Å². The van der Waals surface area contributed by atoms with E-state index in [-0.39, 0.29) is 11.5 Å². The quantitative estimate of drug-likeness (QED) is 0.778. The average Bonchev–Trinajstić information content (AvgIpc) is 2.67. The maximum Gasteiger partial charge on any atom is 0.0759 e. The van der Waals surface area contributed by atoms with Crippen molar-refractivity contribution >= 4 is 0 Å². The highest BCUT2D eigenvalue weighted by Crippen LogP contribution is 2.45. The molecule has 1 aliphatic rings. The Morgan fingerprint density at radius 1 is 1.36 bits per heavy atom. The first-order chi connectivity index (χ1) is 6.72. The molecule has 3 nitrogen and oxygen atoms in total. The third kappa shape index (κ3) is 1.64. The van der Waals surface area contributed by atoms with Gasteiger partial charge in [-0.05, 0) is 18.3 Å². The minimum Gasteiger partial charge on any atom is -0.322 e. The zero-order valence-corrected chi connectivity index (χ0v) is 8.61. The molecule has 1 fully saturated rings. The summed E-state index contributed by atoms with van der Waals surface area (Å²) in [5, 5.41) is 0. The molecule has 1 heterocycles. The third-order valence-corrected chi connectivity index (χ3v) is 3.40. The van der Waals surface area contributed by atoms with Gasteiger partial charge in [-0.15, -0.1) is 0 Å². The number of aromatic nitrogens is 2. The van der Waals surface area contributed by atoms with Gasteiger partial charge in [0.15, 0.2) is 0 Å². The van der Waals surface area contributed by atoms with Crippen molar-refractivity contribution in [1.82, 2.24) is 9.97 Å². The van der Waals surface area contributed by atoms with E-state index in [0.29, 0.717) is 0 Å². The van der Waals surface area contributed by atoms with Crippen LogP contribution in [0.15, 0.2) is 18.6 Å². The van der Waals surface area contributed by atoms with Gasteiger partial charge >= 0.3 is 0 Å². The summed E-state index contributed by atoms with van der Waals surface area (Å²) in [6, 6.07) is 0.0405. The molecule has 1 atom stereocenters. The summed E-state index contributed by atoms with van der Waals surface area (Å²) in [5.74, 6) is 0. The second-order valence-corrected chi connectivity index (χ2v) is 4.47. The largest absolute Gasteiger partial charge is 0.322 e. The van der Waals surface area contributed by atoms with E-state index in [0.717, 1.165) is 5.69 Å². The summed E-state index contributed by atoms with van der Waals surface area (Å²) >= 11 is 0. The van der Waals surface area contributed by atoms with Crippen molar-refractivity contribution < 1.29 is 0 Å². The van der Waals surface area contributed by atoms with Crippen LogP contribution in [0.3, 0.4) is 0 Å². The summed E-state index contributed by atoms with van der Waals surface area (Å²) in [6.45, 7) is 2.26. The molecule has 2 N–H and O–H groups in total. The first kappa shape index (κ1) is 9.59. The summed E-state index contributed by atoms with van der Waals surface area (Å²) in [7, 11) is 0. The second-order valence-electron chi connectivity index (χ2n) is 4.47. The molecule has 0 amide bonds. The van der Waals surface area contributed by atoms with Gasteiger partial charge in [0.2, 0.25) is 0 Å². The third-order valence-electron chi connectivity index (χ3n) is 3.40. The Bertz CT molecular complexity index is 291. The van der Waals surface area contributed by atoms with Crippen LogP contribution >= 0.6 is 0 Å². The molecule has 0 aliphatic heterocycles. The van der Waals surface area contributed by atoms with Crippen molar-refractivity contribution in [2.75, 3.05) is 0 Å². The van der Waals surface area contributed by atoms with Crippen molar-refractivity contribution in [3.05, 3.63) is 24.3 Å². The molecule has 1 saturated carbocycles. The maximum absolute atomic E-state index is 6.23. The fourth-order valence-corrected chi connectivity index (χ4v) is 2.32. The summed E-state index contributed by atoms with van der Waals surface area (Å²) in [5.41, 5.74) is 7.39. The van der Waals surface area contributed by atoms with Gasteiger partial charge in [-0.25, -0.2) is 0 Å². The van der Waals surface area contributed by atoms with E-state index in [1.807, 2.05) is 0 Å². The topological polar surface area (TPSA) is 51.8 Å². The van der Waals surface area contributed by atoms with Crippen molar-refractivity contribution in [2.45, 2.75) is 38.6 Å². The van der Waals surface area contributed by atoms with Gasteiger partial charge in [-0.3, -0.25) is 9.97 Å². The Kier molecular flexibility index (Phi) is 2.50. The summed E-state index contributed by atoms with van der Waals surface area (Å²) in [6.07, 6.45) is 10.2. The van der Waals surface area contributed by atoms with E-state index in [1.54, 1.807) is 18.6 Å². The molecular weight excluding hydrogens is 174 g/mol. The fraction of sp³-hybridized carbons (Fsp3) is 0.636. The molecule has 0 saturated heterocycles. The molecule has 1 aromatic rings. The van der Waals surface area contributed by atoms with Crippen LogP contribution in [0.25, 0.3) is 0 Å². The van der Waals surface area contributed by atoms with Crippen LogP contribution in [-0.2, 0) is 0 Å². The van der Waals surface area contributed by atoms with Gasteiger partial charge in [0, 0.05) is 18.6 Å². The van der Waals surface area contributed by atoms with Crippen molar-refractivity contribution in [3.63, 3.8) is 0 Å². The predicted octanol–water partition coefficient (Wildman–Crippen LogP) is 2.06. The molecular formula is C11H17N3. The minimum atomic E-state index is 0.0405. The molecule has 2 rings (SSSR count). The Balaban J connectivity index is 2.19. The van der Waals surface area contributed by atoms with Gasteiger partial charge in [0.05, 0.1) is 11.7 Å². The lowest BCUT2D eigenvalue weighted by Crippen LogP contribution is -2.30. The molecule has 0 spiro atoms. The van der Waals surface area contributed by atoms with Gasteiger partial charge < -0.3 is 5.73 Å². The van der Waals surface area contributed by atoms with E-state index in [4.69, 9.17) is 5.73 Å². The van der Waals surface area contributed by atoms with E-state index < -0.39 is 0 Å². The van der Waals surface area contributed by atoms with Crippen LogP contribution in [0, 0.1) is 5.41 Å². The second kappa shape index (κ2) is 3.65. The van der Waals surface area contributed by atoms with Crippen LogP contribution in [0.4, 0.5) is 0 Å². The van der Waals surface area contributed by atoms with Crippen molar-refractivity contribution in [1.29, 1.82) is 0 Å². The fourth-order valence-electron chi connectivity index (χ4n) is 2.32. The highest BCUT2D eigenvalue weighted by molar-refractivity contribution is 5.07. The normalized spacial score (nSPS) is 22.1. The molecule has 1 aliphatic carbocycles. The van der Waals surface area contributed by atoms with Crippen LogP contribution in [-0.4, -0.2) is 9.97 Å². The Hall–Kier alpha value is -0.960. The highest BCUT2D eigenvalue weighted by atomic mass is 14.8. The van der Waals surface area contributed by atoms with Gasteiger partial charge in [-0.2, -0.15) is 0 Å². The molecule has 14 heavy (non-hydrogen) atoms. The van der Waals surface area contributed by atoms with Crippen LogP contribution in [0.1, 0.15) is 44.3 Å². The van der Waals surface area contributed by atoms with Gasteiger partial charge in [0.1, 0.15) is 0 Å². The highest BCUT2D eigenvalue weighted by Gasteiger charge is 2.36. The summed E-state index contributed by atoms with van der Waals surface area (Å²) in [4.78, 5) is 8.35. The lowest BCUT2D eigenvalue weighted by Gasteiger charge is -2.30. The first-order valence-electron chi connectivity index (χ1n) is 5.24. The van der Waals surface area contributed by atoms with Gasteiger partial charge in [-0.1, -0.05) is 19.8 Å².